The van der Waals surface area contributed by atoms with Crippen LogP contribution < -0.4 is 0 Å². The van der Waals surface area contributed by atoms with Crippen LogP contribution in [0.25, 0.3) is 0 Å². The van der Waals surface area contributed by atoms with Gasteiger partial charge in [-0.1, -0.05) is 135 Å². The molecule has 1 aromatic rings. The predicted molar refractivity (Wildman–Crippen MR) is 203 cm³/mol. The Morgan fingerprint density at radius 1 is 0.587 bits per heavy atom. The molecule has 3 aliphatic carbocycles. The SMILES string of the molecule is C.CC(C)(C)O.CC(C)(C)c1ccc(O)c(C(C)(C)C)c1.CC1C(C)C2C(C)C(C)C(C)C2C1C.CC1CCCC1.[Ar].[CH3-].[CH3-].[CH3-].[Zr+3]. The van der Waals surface area contributed by atoms with Gasteiger partial charge in [0.05, 0.1) is 5.60 Å². The molecule has 0 aliphatic heterocycles. The van der Waals surface area contributed by atoms with Crippen molar-refractivity contribution in [1.29, 1.82) is 0 Å². The zero-order valence-corrected chi connectivity index (χ0v) is 36.7. The Labute approximate surface area is 342 Å². The average Bonchev–Trinajstić information content (AvgIpc) is 3.42. The first-order valence-electron chi connectivity index (χ1n) is 16.5. The molecule has 4 rings (SSSR count). The van der Waals surface area contributed by atoms with Gasteiger partial charge in [-0.05, 0) is 102 Å². The molecule has 3 aliphatic rings. The average molecular weight is 751 g/mol. The summed E-state index contributed by atoms with van der Waals surface area (Å²) >= 11 is 0. The molecule has 2 nitrogen and oxygen atoms in total. The van der Waals surface area contributed by atoms with Gasteiger partial charge in [-0.25, -0.2) is 0 Å². The first-order chi connectivity index (χ1) is 18.0. The maximum absolute atomic E-state index is 9.84. The Kier molecular flexibility index (Phi) is 31.4. The van der Waals surface area contributed by atoms with Crippen LogP contribution in [0.2, 0.25) is 0 Å². The van der Waals surface area contributed by atoms with E-state index in [1.54, 1.807) is 26.8 Å². The molecule has 1 aromatic carbocycles. The van der Waals surface area contributed by atoms with Crippen molar-refractivity contribution in [3.63, 3.8) is 0 Å². The third-order valence-electron chi connectivity index (χ3n) is 10.5. The van der Waals surface area contributed by atoms with Crippen molar-refractivity contribution in [2.24, 2.45) is 53.3 Å². The van der Waals surface area contributed by atoms with Crippen molar-refractivity contribution in [1.82, 2.24) is 0 Å². The summed E-state index contributed by atoms with van der Waals surface area (Å²) in [6, 6.07) is 5.93. The largest absolute Gasteiger partial charge is 3.00 e. The summed E-state index contributed by atoms with van der Waals surface area (Å²) < 4.78 is 0. The number of benzene rings is 1. The van der Waals surface area contributed by atoms with Crippen LogP contribution >= 0.6 is 0 Å². The van der Waals surface area contributed by atoms with E-state index in [0.717, 1.165) is 58.8 Å². The van der Waals surface area contributed by atoms with E-state index in [1.165, 1.54) is 31.2 Å². The van der Waals surface area contributed by atoms with Crippen molar-refractivity contribution in [3.05, 3.63) is 51.6 Å². The van der Waals surface area contributed by atoms with Crippen LogP contribution in [0.1, 0.15) is 155 Å². The van der Waals surface area contributed by atoms with E-state index in [9.17, 15) is 5.11 Å². The minimum absolute atomic E-state index is 0. The van der Waals surface area contributed by atoms with Gasteiger partial charge in [0.1, 0.15) is 5.75 Å². The van der Waals surface area contributed by atoms with Crippen molar-refractivity contribution < 1.29 is 74.2 Å². The maximum atomic E-state index is 9.84. The van der Waals surface area contributed by atoms with Crippen molar-refractivity contribution in [3.8, 4) is 5.75 Å². The Bertz CT molecular complexity index is 838. The smallest absolute Gasteiger partial charge is 0.508 e. The van der Waals surface area contributed by atoms with Crippen molar-refractivity contribution >= 4 is 0 Å². The molecule has 275 valence electrons. The molecule has 0 aromatic heterocycles. The van der Waals surface area contributed by atoms with E-state index in [1.807, 2.05) is 6.07 Å². The van der Waals surface area contributed by atoms with Crippen LogP contribution in [0.5, 0.6) is 5.75 Å². The number of aromatic hydroxyl groups is 1. The van der Waals surface area contributed by atoms with Gasteiger partial charge in [0, 0.05) is 37.7 Å². The minimum atomic E-state index is -0.500. The Balaban J connectivity index is -0.000000120. The van der Waals surface area contributed by atoms with E-state index in [4.69, 9.17) is 5.11 Å². The van der Waals surface area contributed by atoms with Gasteiger partial charge in [-0.3, -0.25) is 0 Å². The molecule has 4 heteroatoms. The Hall–Kier alpha value is 1.12. The monoisotopic (exact) mass is 750 g/mol. The number of hydrogen-bond acceptors (Lipinski definition) is 2. The predicted octanol–water partition coefficient (Wildman–Crippen LogP) is 13.0. The minimum Gasteiger partial charge on any atom is -0.508 e. The molecule has 0 spiro atoms. The first kappa shape index (κ1) is 59.3. The Morgan fingerprint density at radius 2 is 0.891 bits per heavy atom. The van der Waals surface area contributed by atoms with Gasteiger partial charge < -0.3 is 32.5 Å². The fourth-order valence-corrected chi connectivity index (χ4v) is 7.45. The van der Waals surface area contributed by atoms with E-state index in [0.29, 0.717) is 5.75 Å². The van der Waals surface area contributed by atoms with E-state index in [2.05, 4.69) is 96.1 Å². The van der Waals surface area contributed by atoms with Crippen molar-refractivity contribution in [2.75, 3.05) is 0 Å². The number of phenolic OH excluding ortho intramolecular Hbond substituents is 1. The van der Waals surface area contributed by atoms with Crippen molar-refractivity contribution in [2.45, 2.75) is 160 Å². The molecule has 4 atom stereocenters. The third-order valence-corrected chi connectivity index (χ3v) is 10.5. The van der Waals surface area contributed by atoms with Gasteiger partial charge in [-0.2, -0.15) is 0 Å². The molecule has 2 N–H and O–H groups in total. The zero-order chi connectivity index (χ0) is 31.4. The summed E-state index contributed by atoms with van der Waals surface area (Å²) in [6.45, 7) is 35.4. The molecular formula is C42H83ArO2Zr. The molecule has 3 saturated carbocycles. The van der Waals surface area contributed by atoms with Gasteiger partial charge in [-0.15, -0.1) is 0 Å². The summed E-state index contributed by atoms with van der Waals surface area (Å²) in [5.41, 5.74) is 1.92. The quantitative estimate of drug-likeness (QED) is 0.259. The molecule has 0 amide bonds. The van der Waals surface area contributed by atoms with Gasteiger partial charge in [0.25, 0.3) is 0 Å². The summed E-state index contributed by atoms with van der Waals surface area (Å²) in [5, 5.41) is 18.4. The van der Waals surface area contributed by atoms with Crippen LogP contribution in [-0.2, 0) is 37.0 Å². The third kappa shape index (κ3) is 18.4. The van der Waals surface area contributed by atoms with E-state index in [-0.39, 0.29) is 104 Å². The van der Waals surface area contributed by atoms with Crippen LogP contribution in [0, 0.1) is 113 Å². The number of rotatable bonds is 0. The van der Waals surface area contributed by atoms with Gasteiger partial charge in [0.15, 0.2) is 0 Å². The molecule has 0 saturated heterocycles. The van der Waals surface area contributed by atoms with Crippen LogP contribution in [0.3, 0.4) is 0 Å². The number of fused-ring (bicyclic) bond motifs is 1. The first-order valence-corrected chi connectivity index (χ1v) is 16.5. The summed E-state index contributed by atoms with van der Waals surface area (Å²) in [4.78, 5) is 0. The number of aliphatic hydroxyl groups is 1. The van der Waals surface area contributed by atoms with Crippen LogP contribution in [0.15, 0.2) is 18.2 Å². The van der Waals surface area contributed by atoms with Crippen LogP contribution in [0.4, 0.5) is 0 Å². The topological polar surface area (TPSA) is 40.5 Å². The Morgan fingerprint density at radius 3 is 1.11 bits per heavy atom. The molecule has 4 unspecified atom stereocenters. The second kappa shape index (κ2) is 24.3. The fraction of sp³-hybridized carbons (Fsp3) is 0.786. The maximum Gasteiger partial charge on any atom is 3.00 e. The van der Waals surface area contributed by atoms with Gasteiger partial charge in [0.2, 0.25) is 0 Å². The molecule has 46 heavy (non-hydrogen) atoms. The normalized spacial score (nSPS) is 28.0. The second-order valence-corrected chi connectivity index (χ2v) is 17.1. The van der Waals surface area contributed by atoms with E-state index < -0.39 is 5.60 Å². The van der Waals surface area contributed by atoms with Crippen LogP contribution in [-0.4, -0.2) is 15.8 Å². The second-order valence-electron chi connectivity index (χ2n) is 17.1. The molecular weight excluding hydrogens is 668 g/mol. The summed E-state index contributed by atoms with van der Waals surface area (Å²) in [5.74, 6) is 9.20. The molecule has 1 radical (unpaired) electrons. The number of hydrogen-bond donors (Lipinski definition) is 2. The fourth-order valence-electron chi connectivity index (χ4n) is 7.45. The summed E-state index contributed by atoms with van der Waals surface area (Å²) in [7, 11) is 0. The van der Waals surface area contributed by atoms with Gasteiger partial charge >= 0.3 is 26.2 Å². The standard InChI is InChI=1S/C14H22O.C14H26.C6H12.C4H10O.CH4.3CH3.Ar.Zr/c1-13(2,3)10-7-8-12(15)11(9-10)14(4,5)6;1-7-9(3)13-11(5)8(2)12(6)14(13)10(7)4;1-6-4-2-3-5-6;1-4(2,3)5;;;;;;/h7-9,15H,1-6H3;7-14H,1-6H3;6H,2-5H2,1H3;5H,1-3H3;1H4;3*1H3;;/q;;;;;3*-1;;+3. The summed E-state index contributed by atoms with van der Waals surface area (Å²) in [6.07, 6.45) is 5.95. The molecule has 0 bridgehead atoms. The molecule has 3 fully saturated rings. The number of phenols is 1. The molecule has 0 heterocycles. The van der Waals surface area contributed by atoms with E-state index >= 15 is 0 Å². The zero-order valence-electron chi connectivity index (χ0n) is 33.5.